The molecule has 0 radical (unpaired) electrons. The van der Waals surface area contributed by atoms with Crippen LogP contribution < -0.4 is 5.32 Å². The van der Waals surface area contributed by atoms with Gasteiger partial charge in [-0.25, -0.2) is 0 Å². The topological polar surface area (TPSA) is 72.5 Å². The van der Waals surface area contributed by atoms with Crippen molar-refractivity contribution in [2.75, 3.05) is 5.32 Å². The number of amides is 1. The van der Waals surface area contributed by atoms with E-state index < -0.39 is 12.0 Å². The van der Waals surface area contributed by atoms with Crippen molar-refractivity contribution in [1.29, 1.82) is 0 Å². The minimum absolute atomic E-state index is 0.139. The molecule has 0 unspecified atom stereocenters. The number of ketones is 1. The molecule has 2 atom stereocenters. The van der Waals surface area contributed by atoms with Gasteiger partial charge in [0.1, 0.15) is 0 Å². The highest BCUT2D eigenvalue weighted by Gasteiger charge is 2.25. The maximum Gasteiger partial charge on any atom is 0.310 e. The number of nitrogens with one attached hydrogen (secondary N) is 1. The summed E-state index contributed by atoms with van der Waals surface area (Å²) in [6.45, 7) is 2.97. The van der Waals surface area contributed by atoms with Gasteiger partial charge in [-0.2, -0.15) is 0 Å². The van der Waals surface area contributed by atoms with Gasteiger partial charge in [-0.15, -0.1) is 0 Å². The van der Waals surface area contributed by atoms with E-state index in [2.05, 4.69) is 5.32 Å². The van der Waals surface area contributed by atoms with Crippen LogP contribution in [0.5, 0.6) is 0 Å². The molecule has 1 aliphatic rings. The van der Waals surface area contributed by atoms with Gasteiger partial charge in [0.2, 0.25) is 0 Å². The molecule has 23 heavy (non-hydrogen) atoms. The second-order valence-electron chi connectivity index (χ2n) is 5.65. The number of carbonyl (C=O) groups is 3. The van der Waals surface area contributed by atoms with Gasteiger partial charge in [0.15, 0.2) is 11.9 Å². The van der Waals surface area contributed by atoms with Crippen LogP contribution in [0.4, 0.5) is 5.69 Å². The monoisotopic (exact) mass is 315 g/mol. The van der Waals surface area contributed by atoms with Crippen LogP contribution in [0.25, 0.3) is 0 Å². The lowest BCUT2D eigenvalue weighted by Crippen LogP contribution is -2.33. The lowest BCUT2D eigenvalue weighted by atomic mass is 9.95. The largest absolute Gasteiger partial charge is 0.452 e. The summed E-state index contributed by atoms with van der Waals surface area (Å²) in [5.74, 6) is -1.12. The normalized spacial score (nSPS) is 18.1. The Labute approximate surface area is 135 Å². The van der Waals surface area contributed by atoms with Gasteiger partial charge in [0.05, 0.1) is 11.6 Å². The standard InChI is InChI=1S/C18H21NO4/c1-12(20)15-10-6-7-11-16(15)19-17(21)13(2)23-18(22)14-8-4-3-5-9-14/h3-4,6-7,10-11,13-14H,5,8-9H2,1-2H3,(H,19,21)/t13-,14-/m1/s1. The molecule has 5 nitrogen and oxygen atoms in total. The highest BCUT2D eigenvalue weighted by Crippen LogP contribution is 2.21. The molecule has 0 fully saturated rings. The van der Waals surface area contributed by atoms with E-state index in [0.29, 0.717) is 17.7 Å². The van der Waals surface area contributed by atoms with Crippen LogP contribution in [0.15, 0.2) is 36.4 Å². The number of para-hydroxylation sites is 1. The van der Waals surface area contributed by atoms with Crippen LogP contribution in [0.1, 0.15) is 43.5 Å². The van der Waals surface area contributed by atoms with Crippen molar-refractivity contribution in [2.24, 2.45) is 5.92 Å². The van der Waals surface area contributed by atoms with E-state index >= 15 is 0 Å². The van der Waals surface area contributed by atoms with Crippen molar-refractivity contribution in [3.05, 3.63) is 42.0 Å². The zero-order valence-corrected chi connectivity index (χ0v) is 13.4. The zero-order valence-electron chi connectivity index (χ0n) is 13.4. The highest BCUT2D eigenvalue weighted by atomic mass is 16.5. The molecule has 1 amide bonds. The SMILES string of the molecule is CC(=O)c1ccccc1NC(=O)[C@@H](C)OC(=O)[C@@H]1CC=CCC1. The van der Waals surface area contributed by atoms with Crippen LogP contribution in [0, 0.1) is 5.92 Å². The molecular formula is C18H21NO4. The number of allylic oxidation sites excluding steroid dienone is 2. The van der Waals surface area contributed by atoms with Gasteiger partial charge >= 0.3 is 5.97 Å². The number of esters is 1. The van der Waals surface area contributed by atoms with E-state index in [1.54, 1.807) is 24.3 Å². The molecule has 1 N–H and O–H groups in total. The fraction of sp³-hybridized carbons (Fsp3) is 0.389. The number of rotatable bonds is 5. The predicted octanol–water partition coefficient (Wildman–Crippen LogP) is 3.12. The molecule has 0 saturated heterocycles. The summed E-state index contributed by atoms with van der Waals surface area (Å²) < 4.78 is 5.25. The first kappa shape index (κ1) is 16.9. The average molecular weight is 315 g/mol. The van der Waals surface area contributed by atoms with Gasteiger partial charge in [-0.05, 0) is 45.2 Å². The summed E-state index contributed by atoms with van der Waals surface area (Å²) in [5.41, 5.74) is 0.852. The van der Waals surface area contributed by atoms with E-state index in [4.69, 9.17) is 4.74 Å². The number of anilines is 1. The highest BCUT2D eigenvalue weighted by molar-refractivity contribution is 6.04. The van der Waals surface area contributed by atoms with Gasteiger partial charge in [-0.3, -0.25) is 14.4 Å². The molecule has 1 aromatic carbocycles. The molecule has 122 valence electrons. The third-order valence-electron chi connectivity index (χ3n) is 3.83. The van der Waals surface area contributed by atoms with E-state index in [-0.39, 0.29) is 17.7 Å². The molecule has 0 aromatic heterocycles. The van der Waals surface area contributed by atoms with Crippen LogP contribution >= 0.6 is 0 Å². The Kier molecular flexibility index (Phi) is 5.68. The molecule has 5 heteroatoms. The van der Waals surface area contributed by atoms with Gasteiger partial charge in [0, 0.05) is 5.56 Å². The minimum Gasteiger partial charge on any atom is -0.452 e. The van der Waals surface area contributed by atoms with Crippen LogP contribution in [-0.2, 0) is 14.3 Å². The zero-order chi connectivity index (χ0) is 16.8. The quantitative estimate of drug-likeness (QED) is 0.515. The Balaban J connectivity index is 1.96. The van der Waals surface area contributed by atoms with E-state index in [0.717, 1.165) is 12.8 Å². The second-order valence-corrected chi connectivity index (χ2v) is 5.65. The Morgan fingerprint density at radius 2 is 1.96 bits per heavy atom. The van der Waals surface area contributed by atoms with Gasteiger partial charge in [0.25, 0.3) is 5.91 Å². The summed E-state index contributed by atoms with van der Waals surface area (Å²) in [5, 5.41) is 2.65. The number of ether oxygens (including phenoxy) is 1. The maximum atomic E-state index is 12.2. The minimum atomic E-state index is -0.909. The second kappa shape index (κ2) is 7.72. The molecule has 1 aliphatic carbocycles. The maximum absolute atomic E-state index is 12.2. The van der Waals surface area contributed by atoms with Gasteiger partial charge < -0.3 is 10.1 Å². The Hall–Kier alpha value is -2.43. The number of Topliss-reactive ketones (excluding diaryl/α,β-unsaturated/α-hetero) is 1. The van der Waals surface area contributed by atoms with Crippen molar-refractivity contribution in [3.63, 3.8) is 0 Å². The fourth-order valence-corrected chi connectivity index (χ4v) is 2.47. The molecular weight excluding hydrogens is 294 g/mol. The molecule has 2 rings (SSSR count). The smallest absolute Gasteiger partial charge is 0.310 e. The summed E-state index contributed by atoms with van der Waals surface area (Å²) in [6, 6.07) is 6.75. The summed E-state index contributed by atoms with van der Waals surface area (Å²) in [7, 11) is 0. The average Bonchev–Trinajstić information content (AvgIpc) is 2.55. The van der Waals surface area contributed by atoms with E-state index in [1.807, 2.05) is 12.2 Å². The number of hydrogen-bond acceptors (Lipinski definition) is 4. The van der Waals surface area contributed by atoms with Crippen LogP contribution in [0.2, 0.25) is 0 Å². The van der Waals surface area contributed by atoms with Crippen molar-refractivity contribution in [1.82, 2.24) is 0 Å². The molecule has 0 saturated carbocycles. The first-order chi connectivity index (χ1) is 11.0. The molecule has 0 heterocycles. The first-order valence-corrected chi connectivity index (χ1v) is 7.75. The van der Waals surface area contributed by atoms with Crippen molar-refractivity contribution in [2.45, 2.75) is 39.2 Å². The number of benzene rings is 1. The fourth-order valence-electron chi connectivity index (χ4n) is 2.47. The van der Waals surface area contributed by atoms with E-state index in [1.165, 1.54) is 13.8 Å². The molecule has 1 aromatic rings. The van der Waals surface area contributed by atoms with Crippen LogP contribution in [-0.4, -0.2) is 23.8 Å². The lowest BCUT2D eigenvalue weighted by molar-refractivity contribution is -0.157. The van der Waals surface area contributed by atoms with Crippen molar-refractivity contribution < 1.29 is 19.1 Å². The predicted molar refractivity (Wildman–Crippen MR) is 87.1 cm³/mol. The number of hydrogen-bond donors (Lipinski definition) is 1. The Morgan fingerprint density at radius 1 is 1.22 bits per heavy atom. The number of carbonyl (C=O) groups excluding carboxylic acids is 3. The third-order valence-corrected chi connectivity index (χ3v) is 3.83. The Morgan fingerprint density at radius 3 is 2.61 bits per heavy atom. The summed E-state index contributed by atoms with van der Waals surface area (Å²) in [4.78, 5) is 35.8. The summed E-state index contributed by atoms with van der Waals surface area (Å²) >= 11 is 0. The Bertz CT molecular complexity index is 636. The molecule has 0 aliphatic heterocycles. The summed E-state index contributed by atoms with van der Waals surface area (Å²) in [6.07, 6.45) is 5.35. The van der Waals surface area contributed by atoms with Gasteiger partial charge in [-0.1, -0.05) is 24.3 Å². The first-order valence-electron chi connectivity index (χ1n) is 7.75. The lowest BCUT2D eigenvalue weighted by Gasteiger charge is -2.20. The van der Waals surface area contributed by atoms with Crippen molar-refractivity contribution in [3.8, 4) is 0 Å². The molecule has 0 spiro atoms. The van der Waals surface area contributed by atoms with Crippen molar-refractivity contribution >= 4 is 23.3 Å². The van der Waals surface area contributed by atoms with Crippen LogP contribution in [0.3, 0.4) is 0 Å². The third kappa shape index (κ3) is 4.52. The van der Waals surface area contributed by atoms with E-state index in [9.17, 15) is 14.4 Å². The molecule has 0 bridgehead atoms.